The number of halogens is 1. The van der Waals surface area contributed by atoms with E-state index >= 15 is 0 Å². The summed E-state index contributed by atoms with van der Waals surface area (Å²) in [6, 6.07) is 7.43. The fourth-order valence-electron chi connectivity index (χ4n) is 1.48. The molecular weight excluding hydrogens is 282 g/mol. The zero-order valence-electron chi connectivity index (χ0n) is 11.0. The van der Waals surface area contributed by atoms with E-state index in [2.05, 4.69) is 4.99 Å². The number of aliphatic imine (C=N–C) groups is 1. The Balaban J connectivity index is 2.05. The molecule has 0 amide bonds. The Morgan fingerprint density at radius 1 is 1.42 bits per heavy atom. The van der Waals surface area contributed by atoms with Gasteiger partial charge < -0.3 is 4.74 Å². The summed E-state index contributed by atoms with van der Waals surface area (Å²) < 4.78 is 5.32. The number of ether oxygens (including phenoxy) is 1. The predicted molar refractivity (Wildman–Crippen MR) is 80.4 cm³/mol. The van der Waals surface area contributed by atoms with Gasteiger partial charge in [-0.3, -0.25) is 9.79 Å². The van der Waals surface area contributed by atoms with Crippen LogP contribution in [0.5, 0.6) is 5.75 Å². The number of thioether (sulfide) groups is 1. The number of nitrogens with zero attached hydrogens (tertiary/aromatic N) is 1. The number of carbonyl (C=O) groups is 1. The molecule has 0 bridgehead atoms. The van der Waals surface area contributed by atoms with Crippen LogP contribution in [0.4, 0.5) is 0 Å². The van der Waals surface area contributed by atoms with Gasteiger partial charge in [-0.25, -0.2) is 0 Å². The van der Waals surface area contributed by atoms with Crippen molar-refractivity contribution in [2.45, 2.75) is 13.8 Å². The van der Waals surface area contributed by atoms with E-state index in [1.165, 1.54) is 0 Å². The molecule has 1 heterocycles. The lowest BCUT2D eigenvalue weighted by atomic mass is 9.97. The zero-order valence-corrected chi connectivity index (χ0v) is 12.6. The van der Waals surface area contributed by atoms with Gasteiger partial charge in [-0.2, -0.15) is 0 Å². The first-order chi connectivity index (χ1) is 9.03. The van der Waals surface area contributed by atoms with Gasteiger partial charge in [-0.05, 0) is 38.1 Å². The Morgan fingerprint density at radius 3 is 2.63 bits per heavy atom. The maximum atomic E-state index is 11.9. The average molecular weight is 298 g/mol. The van der Waals surface area contributed by atoms with Crippen molar-refractivity contribution in [3.63, 3.8) is 0 Å². The molecule has 102 valence electrons. The van der Waals surface area contributed by atoms with Crippen LogP contribution in [0.1, 0.15) is 19.4 Å². The summed E-state index contributed by atoms with van der Waals surface area (Å²) >= 11 is 7.49. The molecule has 0 fully saturated rings. The molecule has 0 spiro atoms. The van der Waals surface area contributed by atoms with Crippen molar-refractivity contribution in [2.24, 2.45) is 10.4 Å². The summed E-state index contributed by atoms with van der Waals surface area (Å²) in [6.07, 6.45) is 0. The molecule has 1 aliphatic rings. The van der Waals surface area contributed by atoms with E-state index < -0.39 is 5.41 Å². The number of esters is 1. The maximum absolute atomic E-state index is 11.9. The number of carbonyl (C=O) groups excluding carboxylic acids is 1. The van der Waals surface area contributed by atoms with Crippen LogP contribution >= 0.6 is 23.4 Å². The first-order valence-electron chi connectivity index (χ1n) is 6.09. The van der Waals surface area contributed by atoms with Crippen molar-refractivity contribution in [1.29, 1.82) is 0 Å². The highest BCUT2D eigenvalue weighted by molar-refractivity contribution is 8.14. The first-order valence-corrected chi connectivity index (χ1v) is 7.61. The molecule has 19 heavy (non-hydrogen) atoms. The summed E-state index contributed by atoms with van der Waals surface area (Å²) in [5.74, 6) is 1.49. The molecule has 1 aliphatic heterocycles. The van der Waals surface area contributed by atoms with Gasteiger partial charge in [0.05, 0.1) is 10.5 Å². The van der Waals surface area contributed by atoms with Crippen molar-refractivity contribution in [3.8, 4) is 5.75 Å². The zero-order chi connectivity index (χ0) is 13.9. The quantitative estimate of drug-likeness (QED) is 0.486. The first kappa shape index (κ1) is 14.4. The fraction of sp³-hybridized carbons (Fsp3) is 0.429. The van der Waals surface area contributed by atoms with Crippen LogP contribution in [0.25, 0.3) is 0 Å². The minimum atomic E-state index is -0.675. The standard InChI is InChI=1S/C14H16ClNO2S/c1-14(2,9-15)13(17)18-11-5-3-10(4-6-11)12-16-7-8-19-12/h3-6H,7-9H2,1-2H3. The second-order valence-corrected chi connectivity index (χ2v) is 6.32. The minimum Gasteiger partial charge on any atom is -0.426 e. The van der Waals surface area contributed by atoms with E-state index in [4.69, 9.17) is 16.3 Å². The van der Waals surface area contributed by atoms with Crippen molar-refractivity contribution < 1.29 is 9.53 Å². The van der Waals surface area contributed by atoms with Crippen LogP contribution in [0.3, 0.4) is 0 Å². The van der Waals surface area contributed by atoms with E-state index in [0.29, 0.717) is 5.75 Å². The van der Waals surface area contributed by atoms with Crippen molar-refractivity contribution in [1.82, 2.24) is 0 Å². The second-order valence-electron chi connectivity index (χ2n) is 4.97. The third-order valence-corrected chi connectivity index (χ3v) is 4.48. The van der Waals surface area contributed by atoms with Gasteiger partial charge >= 0.3 is 5.97 Å². The van der Waals surface area contributed by atoms with E-state index in [1.807, 2.05) is 12.1 Å². The third-order valence-electron chi connectivity index (χ3n) is 2.78. The lowest BCUT2D eigenvalue weighted by Crippen LogP contribution is -2.30. The Hall–Kier alpha value is -1.00. The van der Waals surface area contributed by atoms with Gasteiger partial charge in [-0.15, -0.1) is 23.4 Å². The van der Waals surface area contributed by atoms with Gasteiger partial charge in [0.1, 0.15) is 5.75 Å². The third kappa shape index (κ3) is 3.51. The van der Waals surface area contributed by atoms with E-state index in [9.17, 15) is 4.79 Å². The topological polar surface area (TPSA) is 38.7 Å². The number of hydrogen-bond acceptors (Lipinski definition) is 4. The summed E-state index contributed by atoms with van der Waals surface area (Å²) in [6.45, 7) is 4.40. The van der Waals surface area contributed by atoms with Gasteiger partial charge in [0.15, 0.2) is 0 Å². The highest BCUT2D eigenvalue weighted by atomic mass is 35.5. The SMILES string of the molecule is CC(C)(CCl)C(=O)Oc1ccc(C2=NCCS2)cc1. The summed E-state index contributed by atoms with van der Waals surface area (Å²) in [5.41, 5.74) is 0.393. The maximum Gasteiger partial charge on any atom is 0.318 e. The summed E-state index contributed by atoms with van der Waals surface area (Å²) in [7, 11) is 0. The van der Waals surface area contributed by atoms with Gasteiger partial charge in [0, 0.05) is 23.7 Å². The minimum absolute atomic E-state index is 0.233. The molecule has 3 nitrogen and oxygen atoms in total. The van der Waals surface area contributed by atoms with E-state index in [-0.39, 0.29) is 11.8 Å². The van der Waals surface area contributed by atoms with Gasteiger partial charge in [-0.1, -0.05) is 0 Å². The molecule has 0 N–H and O–H groups in total. The van der Waals surface area contributed by atoms with Gasteiger partial charge in [0.2, 0.25) is 0 Å². The Kier molecular flexibility index (Phi) is 4.53. The molecular formula is C14H16ClNO2S. The van der Waals surface area contributed by atoms with Crippen LogP contribution in [0.15, 0.2) is 29.3 Å². The highest BCUT2D eigenvalue weighted by Crippen LogP contribution is 2.24. The van der Waals surface area contributed by atoms with E-state index in [0.717, 1.165) is 22.9 Å². The second kappa shape index (κ2) is 5.97. The molecule has 0 aromatic heterocycles. The fourth-order valence-corrected chi connectivity index (χ4v) is 2.45. The van der Waals surface area contributed by atoms with Crippen LogP contribution < -0.4 is 4.74 Å². The molecule has 5 heteroatoms. The van der Waals surface area contributed by atoms with Crippen LogP contribution in [-0.2, 0) is 4.79 Å². The normalized spacial score (nSPS) is 15.2. The van der Waals surface area contributed by atoms with Crippen molar-refractivity contribution in [2.75, 3.05) is 18.2 Å². The molecule has 0 atom stereocenters. The number of alkyl halides is 1. The molecule has 0 radical (unpaired) electrons. The predicted octanol–water partition coefficient (Wildman–Crippen LogP) is 3.35. The molecule has 2 rings (SSSR count). The lowest BCUT2D eigenvalue weighted by molar-refractivity contribution is -0.142. The Morgan fingerprint density at radius 2 is 2.11 bits per heavy atom. The Bertz CT molecular complexity index is 497. The Labute approximate surface area is 122 Å². The summed E-state index contributed by atoms with van der Waals surface area (Å²) in [5, 5.41) is 1.05. The molecule has 0 saturated heterocycles. The van der Waals surface area contributed by atoms with Crippen molar-refractivity contribution in [3.05, 3.63) is 29.8 Å². The smallest absolute Gasteiger partial charge is 0.318 e. The lowest BCUT2D eigenvalue weighted by Gasteiger charge is -2.18. The molecule has 0 saturated carbocycles. The largest absolute Gasteiger partial charge is 0.426 e. The molecule has 0 unspecified atom stereocenters. The highest BCUT2D eigenvalue weighted by Gasteiger charge is 2.28. The average Bonchev–Trinajstić information content (AvgIpc) is 2.93. The van der Waals surface area contributed by atoms with Crippen LogP contribution in [-0.4, -0.2) is 29.2 Å². The molecule has 1 aromatic carbocycles. The number of hydrogen-bond donors (Lipinski definition) is 0. The summed E-state index contributed by atoms with van der Waals surface area (Å²) in [4.78, 5) is 16.3. The molecule has 1 aromatic rings. The van der Waals surface area contributed by atoms with E-state index in [1.54, 1.807) is 37.7 Å². The van der Waals surface area contributed by atoms with Gasteiger partial charge in [0.25, 0.3) is 0 Å². The monoisotopic (exact) mass is 297 g/mol. The van der Waals surface area contributed by atoms with Crippen molar-refractivity contribution >= 4 is 34.4 Å². The number of benzene rings is 1. The number of rotatable bonds is 4. The van der Waals surface area contributed by atoms with Crippen LogP contribution in [0, 0.1) is 5.41 Å². The molecule has 0 aliphatic carbocycles. The van der Waals surface area contributed by atoms with Crippen LogP contribution in [0.2, 0.25) is 0 Å².